The van der Waals surface area contributed by atoms with Crippen LogP contribution in [0.5, 0.6) is 0 Å². The van der Waals surface area contributed by atoms with E-state index in [-0.39, 0.29) is 17.1 Å². The number of anilines is 2. The number of nitrogens with one attached hydrogen (secondary N) is 1. The van der Waals surface area contributed by atoms with Crippen LogP contribution in [0.2, 0.25) is 0 Å². The molecule has 2 unspecified atom stereocenters. The van der Waals surface area contributed by atoms with Gasteiger partial charge in [-0.1, -0.05) is 24.5 Å². The summed E-state index contributed by atoms with van der Waals surface area (Å²) in [5.41, 5.74) is 11.9. The smallest absolute Gasteiger partial charge is 0.386 e. The lowest BCUT2D eigenvalue weighted by Crippen LogP contribution is -2.35. The van der Waals surface area contributed by atoms with E-state index < -0.39 is 79.8 Å². The van der Waals surface area contributed by atoms with E-state index in [0.29, 0.717) is 16.7 Å². The predicted molar refractivity (Wildman–Crippen MR) is 167 cm³/mol. The molecule has 4 aromatic rings. The third kappa shape index (κ3) is 5.71. The maximum atomic E-state index is 16.1. The zero-order valence-electron chi connectivity index (χ0n) is 22.6. The first kappa shape index (κ1) is 31.4. The van der Waals surface area contributed by atoms with Crippen molar-refractivity contribution in [1.29, 1.82) is 0 Å². The first-order chi connectivity index (χ1) is 21.3. The van der Waals surface area contributed by atoms with E-state index in [1.165, 1.54) is 27.9 Å². The first-order valence-electron chi connectivity index (χ1n) is 13.2. The van der Waals surface area contributed by atoms with Gasteiger partial charge < -0.3 is 25.9 Å². The van der Waals surface area contributed by atoms with Gasteiger partial charge in [0.25, 0.3) is 5.56 Å². The highest BCUT2D eigenvalue weighted by molar-refractivity contribution is 8.44. The number of hydrogen-bond acceptors (Lipinski definition) is 15. The number of pyridine rings is 1. The van der Waals surface area contributed by atoms with Crippen molar-refractivity contribution in [2.24, 2.45) is 0 Å². The highest BCUT2D eigenvalue weighted by Gasteiger charge is 2.53. The number of hydrogen-bond donors (Lipinski definition) is 6. The molecule has 10 atom stereocenters. The summed E-state index contributed by atoms with van der Waals surface area (Å²) in [6, 6.07) is 3.23. The zero-order valence-corrected chi connectivity index (χ0v) is 27.0. The van der Waals surface area contributed by atoms with Crippen LogP contribution in [0.15, 0.2) is 35.6 Å². The van der Waals surface area contributed by atoms with E-state index >= 15 is 4.39 Å². The SMILES string of the molecule is Nc1nc2c(ncn2[C@@H]2S[C@@H]3COP(=O)(S)OC4[C@@H](CO[P@@](=O)(S)O[C@@H]2[C@@H]3O)O[C@@H](n2ccc3c(N)ccnc32)[C@H]4F)c(=O)[nH]1. The van der Waals surface area contributed by atoms with Crippen molar-refractivity contribution in [1.82, 2.24) is 29.1 Å². The van der Waals surface area contributed by atoms with Gasteiger partial charge >= 0.3 is 13.6 Å². The van der Waals surface area contributed by atoms with Crippen LogP contribution >= 0.6 is 49.9 Å². The molecule has 7 rings (SSSR count). The molecule has 3 aliphatic rings. The summed E-state index contributed by atoms with van der Waals surface area (Å²) < 4.78 is 74.2. The fourth-order valence-electron chi connectivity index (χ4n) is 5.49. The number of alkyl halides is 1. The van der Waals surface area contributed by atoms with Gasteiger partial charge in [-0.05, 0) is 12.1 Å². The van der Waals surface area contributed by atoms with E-state index in [2.05, 4.69) is 44.4 Å². The topological polar surface area (TPSA) is 234 Å². The molecule has 0 saturated carbocycles. The number of nitrogen functional groups attached to an aromatic ring is 2. The van der Waals surface area contributed by atoms with Crippen LogP contribution in [0, 0.1) is 0 Å². The maximum Gasteiger partial charge on any atom is 0.386 e. The minimum Gasteiger partial charge on any atom is -0.398 e. The molecule has 242 valence electrons. The van der Waals surface area contributed by atoms with Gasteiger partial charge in [-0.3, -0.25) is 32.4 Å². The minimum absolute atomic E-state index is 0.0428. The monoisotopic (exact) mass is 722 g/mol. The molecular formula is C22H25FN8O9P2S3. The third-order valence-corrected chi connectivity index (χ3v) is 12.3. The van der Waals surface area contributed by atoms with Crippen LogP contribution in [0.25, 0.3) is 22.2 Å². The molecule has 4 aromatic heterocycles. The number of thioether (sulfide) groups is 1. The summed E-state index contributed by atoms with van der Waals surface area (Å²) >= 11 is 9.21. The Bertz CT molecular complexity index is 1950. The van der Waals surface area contributed by atoms with E-state index in [9.17, 15) is 19.0 Å². The van der Waals surface area contributed by atoms with Gasteiger partial charge in [0.15, 0.2) is 23.6 Å². The molecule has 2 bridgehead atoms. The van der Waals surface area contributed by atoms with Gasteiger partial charge in [-0.25, -0.2) is 23.5 Å². The maximum absolute atomic E-state index is 16.1. The number of nitrogens with zero attached hydrogens (tertiary/aromatic N) is 5. The standard InChI is InChI=1S/C22H25FN8O9P2S3/c23-12-15-10(38-20(12)30-4-2-8-9(24)1-3-26-17(8)30)5-36-41(34,43)40-16-14(32)11(6-37-42(35,44)39-15)45-21(16)31-7-27-13-18(31)28-22(25)29-19(13)33/h1-4,7,10-12,14-16,20-21,32H,5-6H2,(H2,24,26)(H,34,43)(H,35,44)(H3,25,28,29,33)/t10-,11-,12+,14-,15?,16-,20-,21-,41-,42?/m1/s1. The average Bonchev–Trinajstić information content (AvgIpc) is 3.72. The molecule has 7 heterocycles. The van der Waals surface area contributed by atoms with Crippen molar-refractivity contribution in [3.05, 3.63) is 41.2 Å². The third-order valence-electron chi connectivity index (χ3n) is 7.54. The number of nitrogens with two attached hydrogens (primary N) is 2. The Labute approximate surface area is 266 Å². The number of imidazole rings is 1. The normalized spacial score (nSPS) is 37.7. The number of rotatable bonds is 2. The summed E-state index contributed by atoms with van der Waals surface area (Å²) in [5.74, 6) is -0.184. The minimum atomic E-state index is -4.33. The number of halogens is 1. The second-order valence-corrected chi connectivity index (χ2v) is 17.5. The second-order valence-electron chi connectivity index (χ2n) is 10.4. The summed E-state index contributed by atoms with van der Waals surface area (Å²) in [6.07, 6.45) is -4.62. The van der Waals surface area contributed by atoms with Crippen LogP contribution in [-0.2, 0) is 32.0 Å². The number of fused-ring (bicyclic) bond motifs is 5. The summed E-state index contributed by atoms with van der Waals surface area (Å²) in [4.78, 5) is 27.2. The van der Waals surface area contributed by atoms with Crippen molar-refractivity contribution in [2.75, 3.05) is 24.7 Å². The molecular weight excluding hydrogens is 697 g/mol. The molecule has 0 spiro atoms. The van der Waals surface area contributed by atoms with E-state index in [1.807, 2.05) is 0 Å². The van der Waals surface area contributed by atoms with Crippen LogP contribution in [0.3, 0.4) is 0 Å². The predicted octanol–water partition coefficient (Wildman–Crippen LogP) is 2.44. The lowest BCUT2D eigenvalue weighted by molar-refractivity contribution is -0.0425. The van der Waals surface area contributed by atoms with Crippen LogP contribution < -0.4 is 17.0 Å². The highest BCUT2D eigenvalue weighted by atomic mass is 32.7. The number of aromatic amines is 1. The average molecular weight is 723 g/mol. The lowest BCUT2D eigenvalue weighted by atomic mass is 10.1. The van der Waals surface area contributed by atoms with Crippen molar-refractivity contribution in [3.8, 4) is 0 Å². The summed E-state index contributed by atoms with van der Waals surface area (Å²) in [7, 11) is 0. The van der Waals surface area contributed by atoms with E-state index in [0.717, 1.165) is 11.8 Å². The number of aromatic nitrogens is 6. The van der Waals surface area contributed by atoms with E-state index in [1.54, 1.807) is 12.1 Å². The van der Waals surface area contributed by atoms with Gasteiger partial charge in [0.1, 0.15) is 29.3 Å². The number of thiol groups is 2. The Kier molecular flexibility index (Phi) is 8.05. The number of H-pyrrole nitrogens is 1. The lowest BCUT2D eigenvalue weighted by Gasteiger charge is -2.26. The Morgan fingerprint density at radius 2 is 1.80 bits per heavy atom. The molecule has 3 saturated heterocycles. The summed E-state index contributed by atoms with van der Waals surface area (Å²) in [5, 5.41) is 9.97. The van der Waals surface area contributed by atoms with Crippen molar-refractivity contribution in [2.45, 2.75) is 47.4 Å². The molecule has 3 aliphatic heterocycles. The largest absolute Gasteiger partial charge is 0.398 e. The Balaban J connectivity index is 1.21. The van der Waals surface area contributed by atoms with Gasteiger partial charge in [-0.2, -0.15) is 4.98 Å². The molecule has 17 nitrogen and oxygen atoms in total. The molecule has 3 fully saturated rings. The zero-order chi connectivity index (χ0) is 31.8. The number of aliphatic hydroxyl groups is 1. The Morgan fingerprint density at radius 3 is 2.58 bits per heavy atom. The first-order valence-corrected chi connectivity index (χ1v) is 19.5. The molecule has 0 aliphatic carbocycles. The molecule has 6 N–H and O–H groups in total. The fraction of sp³-hybridized carbons (Fsp3) is 0.455. The van der Waals surface area contributed by atoms with Gasteiger partial charge in [-0.15, -0.1) is 11.8 Å². The molecule has 0 radical (unpaired) electrons. The Morgan fingerprint density at radius 1 is 1.07 bits per heavy atom. The number of aliphatic hydroxyl groups excluding tert-OH is 1. The molecule has 23 heteroatoms. The van der Waals surface area contributed by atoms with Gasteiger partial charge in [0.05, 0.1) is 30.9 Å². The molecule has 0 amide bonds. The van der Waals surface area contributed by atoms with Crippen LogP contribution in [0.1, 0.15) is 11.6 Å². The van der Waals surface area contributed by atoms with Gasteiger partial charge in [0, 0.05) is 23.5 Å². The number of ether oxygens (including phenoxy) is 1. The second kappa shape index (κ2) is 11.5. The van der Waals surface area contributed by atoms with Crippen molar-refractivity contribution in [3.63, 3.8) is 0 Å². The molecule has 45 heavy (non-hydrogen) atoms. The quantitative estimate of drug-likeness (QED) is 0.129. The van der Waals surface area contributed by atoms with E-state index in [4.69, 9.17) is 34.3 Å². The summed E-state index contributed by atoms with van der Waals surface area (Å²) in [6.45, 7) is -9.67. The van der Waals surface area contributed by atoms with Gasteiger partial charge in [0.2, 0.25) is 5.95 Å². The Hall–Kier alpha value is -2.16. The fourth-order valence-corrected chi connectivity index (χ4v) is 10.1. The highest BCUT2D eigenvalue weighted by Crippen LogP contribution is 2.62. The van der Waals surface area contributed by atoms with Crippen molar-refractivity contribution >= 4 is 83.7 Å². The van der Waals surface area contributed by atoms with Crippen molar-refractivity contribution < 1.29 is 41.5 Å². The molecule has 0 aromatic carbocycles. The van der Waals surface area contributed by atoms with Crippen LogP contribution in [-0.4, -0.2) is 83.2 Å². The van der Waals surface area contributed by atoms with Crippen LogP contribution in [0.4, 0.5) is 16.0 Å².